The topological polar surface area (TPSA) is 88.1 Å². The van der Waals surface area contributed by atoms with Crippen LogP contribution in [0.5, 0.6) is 0 Å². The van der Waals surface area contributed by atoms with Crippen molar-refractivity contribution in [3.63, 3.8) is 0 Å². The summed E-state index contributed by atoms with van der Waals surface area (Å²) in [6, 6.07) is 19.2. The maximum atomic E-state index is 13.1. The Balaban J connectivity index is 1.18. The van der Waals surface area contributed by atoms with Crippen LogP contribution in [-0.2, 0) is 19.3 Å². The van der Waals surface area contributed by atoms with Crippen molar-refractivity contribution in [3.8, 4) is 11.3 Å². The fraction of sp³-hybridized carbons (Fsp3) is 0.219. The highest BCUT2D eigenvalue weighted by atomic mass is 32.1. The summed E-state index contributed by atoms with van der Waals surface area (Å²) < 4.78 is 0. The minimum Gasteiger partial charge on any atom is -0.308 e. The summed E-state index contributed by atoms with van der Waals surface area (Å²) in [4.78, 5) is 42.2. The molecule has 3 heterocycles. The van der Waals surface area contributed by atoms with Gasteiger partial charge in [-0.25, -0.2) is 15.0 Å². The lowest BCUT2D eigenvalue weighted by atomic mass is 10.1. The lowest BCUT2D eigenvalue weighted by Gasteiger charge is -2.18. The third-order valence-corrected chi connectivity index (χ3v) is 8.01. The van der Waals surface area contributed by atoms with E-state index in [4.69, 9.17) is 9.97 Å². The maximum absolute atomic E-state index is 13.1. The molecule has 8 heteroatoms. The SMILES string of the molecule is CCc1nc2ccc(C(=O)Nc3nc(-c4ccc5c(c4)CCN5C(=O)c4cccc(C)c4)cs3)cc2nc1CC. The highest BCUT2D eigenvalue weighted by Crippen LogP contribution is 2.34. The number of nitrogens with zero attached hydrogens (tertiary/aromatic N) is 4. The van der Waals surface area contributed by atoms with Crippen molar-refractivity contribution in [3.05, 3.63) is 99.7 Å². The molecule has 2 amide bonds. The molecule has 3 aromatic carbocycles. The highest BCUT2D eigenvalue weighted by Gasteiger charge is 2.26. The Morgan fingerprint density at radius 1 is 0.900 bits per heavy atom. The van der Waals surface area contributed by atoms with E-state index in [1.165, 1.54) is 11.3 Å². The molecule has 40 heavy (non-hydrogen) atoms. The van der Waals surface area contributed by atoms with Crippen LogP contribution >= 0.6 is 11.3 Å². The van der Waals surface area contributed by atoms with Crippen molar-refractivity contribution < 1.29 is 9.59 Å². The van der Waals surface area contributed by atoms with Crippen LogP contribution in [0.4, 0.5) is 10.8 Å². The summed E-state index contributed by atoms with van der Waals surface area (Å²) in [7, 11) is 0. The zero-order valence-electron chi connectivity index (χ0n) is 22.7. The Labute approximate surface area is 236 Å². The standard InChI is InChI=1S/C32H29N5O2S/c1-4-24-25(5-2)34-27-17-22(9-11-26(27)33-24)30(38)36-32-35-28(18-40-32)20-10-12-29-21(16-20)13-14-37(29)31(39)23-8-6-7-19(3)15-23/h6-12,15-18H,4-5,13-14H2,1-3H3,(H,35,36,38). The molecular weight excluding hydrogens is 518 g/mol. The number of carbonyl (C=O) groups excluding carboxylic acids is 2. The Morgan fingerprint density at radius 2 is 1.70 bits per heavy atom. The largest absolute Gasteiger partial charge is 0.308 e. The van der Waals surface area contributed by atoms with Gasteiger partial charge in [-0.3, -0.25) is 14.9 Å². The minimum absolute atomic E-state index is 0.0188. The van der Waals surface area contributed by atoms with Crippen LogP contribution in [0.15, 0.2) is 66.0 Å². The molecule has 0 aliphatic carbocycles. The number of fused-ring (bicyclic) bond motifs is 2. The molecule has 1 N–H and O–H groups in total. The normalized spacial score (nSPS) is 12.5. The van der Waals surface area contributed by atoms with E-state index in [-0.39, 0.29) is 11.8 Å². The Morgan fingerprint density at radius 3 is 2.48 bits per heavy atom. The molecule has 0 spiro atoms. The van der Waals surface area contributed by atoms with E-state index in [2.05, 4.69) is 30.2 Å². The molecule has 0 saturated carbocycles. The van der Waals surface area contributed by atoms with Gasteiger partial charge in [0.25, 0.3) is 11.8 Å². The number of nitrogens with one attached hydrogen (secondary N) is 1. The quantitative estimate of drug-likeness (QED) is 0.257. The van der Waals surface area contributed by atoms with Gasteiger partial charge in [0.15, 0.2) is 5.13 Å². The molecule has 1 aliphatic rings. The number of hydrogen-bond acceptors (Lipinski definition) is 6. The molecule has 0 unspecified atom stereocenters. The molecule has 0 atom stereocenters. The van der Waals surface area contributed by atoms with E-state index < -0.39 is 0 Å². The fourth-order valence-electron chi connectivity index (χ4n) is 5.17. The van der Waals surface area contributed by atoms with Crippen molar-refractivity contribution in [2.75, 3.05) is 16.8 Å². The second kappa shape index (κ2) is 10.6. The van der Waals surface area contributed by atoms with Gasteiger partial charge >= 0.3 is 0 Å². The number of rotatable bonds is 6. The first-order valence-electron chi connectivity index (χ1n) is 13.5. The number of amides is 2. The number of carbonyl (C=O) groups is 2. The minimum atomic E-state index is -0.235. The van der Waals surface area contributed by atoms with Crippen molar-refractivity contribution in [1.82, 2.24) is 15.0 Å². The summed E-state index contributed by atoms with van der Waals surface area (Å²) in [5.74, 6) is -0.216. The van der Waals surface area contributed by atoms with Crippen LogP contribution in [0.1, 0.15) is 57.1 Å². The monoisotopic (exact) mass is 547 g/mol. The average Bonchev–Trinajstić information content (AvgIpc) is 3.62. The average molecular weight is 548 g/mol. The Hall–Kier alpha value is -4.43. The zero-order chi connectivity index (χ0) is 27.8. The number of hydrogen-bond donors (Lipinski definition) is 1. The second-order valence-electron chi connectivity index (χ2n) is 9.94. The predicted molar refractivity (Wildman–Crippen MR) is 160 cm³/mol. The lowest BCUT2D eigenvalue weighted by Crippen LogP contribution is -2.28. The van der Waals surface area contributed by atoms with Crippen molar-refractivity contribution >= 4 is 45.0 Å². The van der Waals surface area contributed by atoms with Gasteiger partial charge in [0.1, 0.15) is 0 Å². The van der Waals surface area contributed by atoms with E-state index in [9.17, 15) is 9.59 Å². The van der Waals surface area contributed by atoms with E-state index in [1.807, 2.05) is 59.7 Å². The molecule has 5 aromatic rings. The molecule has 7 nitrogen and oxygen atoms in total. The van der Waals surface area contributed by atoms with Crippen LogP contribution in [0.25, 0.3) is 22.3 Å². The van der Waals surface area contributed by atoms with Crippen molar-refractivity contribution in [1.29, 1.82) is 0 Å². The lowest BCUT2D eigenvalue weighted by molar-refractivity contribution is 0.0987. The first-order valence-corrected chi connectivity index (χ1v) is 14.4. The third-order valence-electron chi connectivity index (χ3n) is 7.26. The molecule has 6 rings (SSSR count). The first kappa shape index (κ1) is 25.8. The summed E-state index contributed by atoms with van der Waals surface area (Å²) in [6.07, 6.45) is 2.42. The summed E-state index contributed by atoms with van der Waals surface area (Å²) in [6.45, 7) is 6.78. The highest BCUT2D eigenvalue weighted by molar-refractivity contribution is 7.14. The summed E-state index contributed by atoms with van der Waals surface area (Å²) in [5, 5.41) is 5.39. The van der Waals surface area contributed by atoms with Gasteiger partial charge in [-0.05, 0) is 74.2 Å². The molecule has 2 aromatic heterocycles. The molecule has 1 aliphatic heterocycles. The van der Waals surface area contributed by atoms with Crippen molar-refractivity contribution in [2.45, 2.75) is 40.0 Å². The van der Waals surface area contributed by atoms with E-state index >= 15 is 0 Å². The van der Waals surface area contributed by atoms with Gasteiger partial charge in [0, 0.05) is 34.3 Å². The van der Waals surface area contributed by atoms with E-state index in [0.717, 1.165) is 69.8 Å². The number of aryl methyl sites for hydroxylation is 3. The van der Waals surface area contributed by atoms with Gasteiger partial charge < -0.3 is 4.90 Å². The maximum Gasteiger partial charge on any atom is 0.258 e. The number of thiazole rings is 1. The molecular formula is C32H29N5O2S. The first-order chi connectivity index (χ1) is 19.4. The molecule has 0 radical (unpaired) electrons. The molecule has 200 valence electrons. The Kier molecular flexibility index (Phi) is 6.86. The van der Waals surface area contributed by atoms with Crippen LogP contribution in [0.3, 0.4) is 0 Å². The second-order valence-corrected chi connectivity index (χ2v) is 10.8. The van der Waals surface area contributed by atoms with Crippen LogP contribution in [0, 0.1) is 6.92 Å². The number of benzene rings is 3. The van der Waals surface area contributed by atoms with Crippen LogP contribution < -0.4 is 10.2 Å². The number of anilines is 2. The summed E-state index contributed by atoms with van der Waals surface area (Å²) in [5.41, 5.74) is 9.56. The molecule has 0 bridgehead atoms. The van der Waals surface area contributed by atoms with Gasteiger partial charge in [-0.1, -0.05) is 37.6 Å². The Bertz CT molecular complexity index is 1780. The van der Waals surface area contributed by atoms with Gasteiger partial charge in [-0.15, -0.1) is 11.3 Å². The van der Waals surface area contributed by atoms with Gasteiger partial charge in [0.2, 0.25) is 0 Å². The van der Waals surface area contributed by atoms with Crippen LogP contribution in [0.2, 0.25) is 0 Å². The predicted octanol–water partition coefficient (Wildman–Crippen LogP) is 6.64. The van der Waals surface area contributed by atoms with Gasteiger partial charge in [0.05, 0.1) is 28.1 Å². The smallest absolute Gasteiger partial charge is 0.258 e. The number of aromatic nitrogens is 3. The van der Waals surface area contributed by atoms with E-state index in [0.29, 0.717) is 22.8 Å². The third kappa shape index (κ3) is 4.86. The van der Waals surface area contributed by atoms with Crippen LogP contribution in [-0.4, -0.2) is 33.3 Å². The van der Waals surface area contributed by atoms with Crippen molar-refractivity contribution in [2.24, 2.45) is 0 Å². The van der Waals surface area contributed by atoms with Gasteiger partial charge in [-0.2, -0.15) is 0 Å². The molecule has 0 fully saturated rings. The summed E-state index contributed by atoms with van der Waals surface area (Å²) >= 11 is 1.38. The molecule has 0 saturated heterocycles. The fourth-order valence-corrected chi connectivity index (χ4v) is 5.89. The zero-order valence-corrected chi connectivity index (χ0v) is 23.5. The van der Waals surface area contributed by atoms with E-state index in [1.54, 1.807) is 12.1 Å².